The van der Waals surface area contributed by atoms with Crippen molar-refractivity contribution in [2.75, 3.05) is 32.2 Å². The first-order valence-electron chi connectivity index (χ1n) is 9.13. The number of carbonyl (C=O) groups excluding carboxylic acids is 1. The lowest BCUT2D eigenvalue weighted by Crippen LogP contribution is -2.82. The number of methoxy groups -OCH3 is 1. The highest BCUT2D eigenvalue weighted by molar-refractivity contribution is 14.1. The van der Waals surface area contributed by atoms with E-state index in [0.717, 1.165) is 27.8 Å². The van der Waals surface area contributed by atoms with Crippen molar-refractivity contribution in [3.63, 3.8) is 0 Å². The first-order valence-corrected chi connectivity index (χ1v) is 10.2. The second-order valence-electron chi connectivity index (χ2n) is 6.38. The number of rotatable bonds is 10. The molecule has 0 heterocycles. The number of amides is 1. The maximum atomic E-state index is 12.8. The fraction of sp³-hybridized carbons (Fsp3) is 0.350. The van der Waals surface area contributed by atoms with Crippen LogP contribution in [0.5, 0.6) is 11.5 Å². The highest BCUT2D eigenvalue weighted by Crippen LogP contribution is 2.34. The molecule has 0 aliphatic heterocycles. The molecule has 0 saturated carbocycles. The summed E-state index contributed by atoms with van der Waals surface area (Å²) in [6.07, 6.45) is -3.78. The van der Waals surface area contributed by atoms with Gasteiger partial charge in [-0.05, 0) is 52.9 Å². The largest absolute Gasteiger partial charge is 0.493 e. The van der Waals surface area contributed by atoms with Crippen molar-refractivity contribution in [1.82, 2.24) is 0 Å². The quantitative estimate of drug-likeness (QED) is 0.321. The Morgan fingerprint density at radius 2 is 2.03 bits per heavy atom. The predicted molar refractivity (Wildman–Crippen MR) is 113 cm³/mol. The van der Waals surface area contributed by atoms with Gasteiger partial charge < -0.3 is 25.2 Å². The molecule has 0 fully saturated rings. The average Bonchev–Trinajstić information content (AvgIpc) is 2.69. The van der Waals surface area contributed by atoms with Crippen molar-refractivity contribution in [3.8, 4) is 11.5 Å². The fourth-order valence-electron chi connectivity index (χ4n) is 2.64. The van der Waals surface area contributed by atoms with Gasteiger partial charge in [-0.15, -0.1) is 0 Å². The van der Waals surface area contributed by atoms with Gasteiger partial charge in [0.15, 0.2) is 18.1 Å². The molecule has 6 nitrogen and oxygen atoms in total. The molecule has 0 aliphatic carbocycles. The van der Waals surface area contributed by atoms with Crippen LogP contribution >= 0.6 is 22.6 Å². The third-order valence-electron chi connectivity index (χ3n) is 4.06. The monoisotopic (exact) mass is 539 g/mol. The molecule has 0 aromatic heterocycles. The van der Waals surface area contributed by atoms with Crippen LogP contribution in [0.25, 0.3) is 0 Å². The van der Waals surface area contributed by atoms with Gasteiger partial charge in [-0.2, -0.15) is 13.2 Å². The lowest BCUT2D eigenvalue weighted by molar-refractivity contribution is -0.671. The van der Waals surface area contributed by atoms with Gasteiger partial charge in [0.05, 0.1) is 22.8 Å². The summed E-state index contributed by atoms with van der Waals surface area (Å²) in [5.41, 5.74) is 0.188. The summed E-state index contributed by atoms with van der Waals surface area (Å²) < 4.78 is 50.0. The summed E-state index contributed by atoms with van der Waals surface area (Å²) >= 11 is 2.07. The Bertz CT molecular complexity index is 862. The summed E-state index contributed by atoms with van der Waals surface area (Å²) in [6, 6.07) is 8.10. The third kappa shape index (κ3) is 7.33. The van der Waals surface area contributed by atoms with Gasteiger partial charge in [-0.3, -0.25) is 4.79 Å². The highest BCUT2D eigenvalue weighted by atomic mass is 127. The molecule has 10 heteroatoms. The van der Waals surface area contributed by atoms with Crippen molar-refractivity contribution in [2.45, 2.75) is 19.1 Å². The number of ether oxygens (including phenoxy) is 2. The lowest BCUT2D eigenvalue weighted by atomic mass is 10.2. The second kappa shape index (κ2) is 11.4. The Hall–Kier alpha value is -2.05. The molecule has 164 valence electrons. The summed E-state index contributed by atoms with van der Waals surface area (Å²) in [4.78, 5) is 12.1. The minimum Gasteiger partial charge on any atom is -0.493 e. The van der Waals surface area contributed by atoms with E-state index in [1.54, 1.807) is 6.07 Å². The summed E-state index contributed by atoms with van der Waals surface area (Å²) in [5.74, 6) is 0.254. The van der Waals surface area contributed by atoms with Crippen LogP contribution in [0.2, 0.25) is 0 Å². The van der Waals surface area contributed by atoms with Crippen LogP contribution in [0, 0.1) is 3.57 Å². The molecule has 4 N–H and O–H groups in total. The Morgan fingerprint density at radius 3 is 2.70 bits per heavy atom. The predicted octanol–water partition coefficient (Wildman–Crippen LogP) is 2.78. The molecule has 0 spiro atoms. The molecule has 30 heavy (non-hydrogen) atoms. The number of alkyl halides is 3. The number of aliphatic hydroxyl groups is 1. The molecule has 2 rings (SSSR count). The first kappa shape index (κ1) is 24.2. The SMILES string of the molecule is COc1cc(C[NH2+]CCCO)cc(I)c1OCC(=O)Nc1cccc(C(F)(F)F)c1. The van der Waals surface area contributed by atoms with E-state index in [0.29, 0.717) is 24.5 Å². The number of carbonyl (C=O) groups is 1. The van der Waals surface area contributed by atoms with Crippen molar-refractivity contribution in [3.05, 3.63) is 51.1 Å². The highest BCUT2D eigenvalue weighted by Gasteiger charge is 2.30. The maximum absolute atomic E-state index is 12.8. The molecule has 1 amide bonds. The topological polar surface area (TPSA) is 84.4 Å². The second-order valence-corrected chi connectivity index (χ2v) is 7.55. The number of hydrogen-bond donors (Lipinski definition) is 3. The standard InChI is InChI=1S/C20H22F3IN2O4/c1-29-17-9-13(11-25-6-3-7-27)8-16(24)19(17)30-12-18(28)26-15-5-2-4-14(10-15)20(21,22)23/h2,4-5,8-10,25,27H,3,6-7,11-12H2,1H3,(H,26,28)/p+1. The van der Waals surface area contributed by atoms with Gasteiger partial charge in [-0.1, -0.05) is 6.07 Å². The van der Waals surface area contributed by atoms with Gasteiger partial charge >= 0.3 is 6.18 Å². The molecule has 0 radical (unpaired) electrons. The van der Waals surface area contributed by atoms with E-state index in [4.69, 9.17) is 14.6 Å². The van der Waals surface area contributed by atoms with Crippen molar-refractivity contribution in [2.24, 2.45) is 0 Å². The number of halogens is 4. The Labute approximate surface area is 185 Å². The van der Waals surface area contributed by atoms with Crippen LogP contribution in [-0.2, 0) is 17.5 Å². The van der Waals surface area contributed by atoms with E-state index in [1.165, 1.54) is 19.2 Å². The molecule has 0 saturated heterocycles. The molecule has 0 atom stereocenters. The van der Waals surface area contributed by atoms with E-state index in [2.05, 4.69) is 33.2 Å². The van der Waals surface area contributed by atoms with Crippen molar-refractivity contribution < 1.29 is 37.9 Å². The Kier molecular flexibility index (Phi) is 9.18. The van der Waals surface area contributed by atoms with E-state index >= 15 is 0 Å². The average molecular weight is 539 g/mol. The van der Waals surface area contributed by atoms with Crippen LogP contribution in [0.4, 0.5) is 18.9 Å². The fourth-order valence-corrected chi connectivity index (χ4v) is 3.47. The summed E-state index contributed by atoms with van der Waals surface area (Å²) in [6.45, 7) is 1.25. The molecular formula is C20H23F3IN2O4+. The number of benzene rings is 2. The molecule has 0 unspecified atom stereocenters. The maximum Gasteiger partial charge on any atom is 0.416 e. The number of hydrogen-bond acceptors (Lipinski definition) is 4. The number of nitrogens with two attached hydrogens (primary N) is 1. The van der Waals surface area contributed by atoms with Gasteiger partial charge in [0.25, 0.3) is 5.91 Å². The number of aliphatic hydroxyl groups excluding tert-OH is 1. The smallest absolute Gasteiger partial charge is 0.416 e. The minimum atomic E-state index is -4.49. The number of quaternary nitrogens is 1. The molecule has 0 aliphatic rings. The van der Waals surface area contributed by atoms with Gasteiger partial charge in [-0.25, -0.2) is 0 Å². The molecular weight excluding hydrogens is 516 g/mol. The first-order chi connectivity index (χ1) is 14.2. The van der Waals surface area contributed by atoms with Crippen LogP contribution in [0.15, 0.2) is 36.4 Å². The zero-order valence-corrected chi connectivity index (χ0v) is 18.4. The number of anilines is 1. The van der Waals surface area contributed by atoms with Crippen LogP contribution < -0.4 is 20.1 Å². The lowest BCUT2D eigenvalue weighted by Gasteiger charge is -2.14. The van der Waals surface area contributed by atoms with E-state index in [1.807, 2.05) is 6.07 Å². The third-order valence-corrected chi connectivity index (χ3v) is 4.86. The minimum absolute atomic E-state index is 0.0360. The zero-order valence-electron chi connectivity index (χ0n) is 16.3. The molecule has 2 aromatic rings. The normalized spacial score (nSPS) is 11.3. The van der Waals surface area contributed by atoms with Crippen LogP contribution in [0.1, 0.15) is 17.5 Å². The number of nitrogens with one attached hydrogen (secondary N) is 1. The van der Waals surface area contributed by atoms with Crippen LogP contribution in [-0.4, -0.2) is 37.9 Å². The van der Waals surface area contributed by atoms with Gasteiger partial charge in [0, 0.05) is 24.3 Å². The summed E-state index contributed by atoms with van der Waals surface area (Å²) in [7, 11) is 1.49. The molecule has 0 bridgehead atoms. The molecule has 2 aromatic carbocycles. The van der Waals surface area contributed by atoms with Crippen molar-refractivity contribution >= 4 is 34.2 Å². The Balaban J connectivity index is 2.00. The zero-order chi connectivity index (χ0) is 22.1. The van der Waals surface area contributed by atoms with Gasteiger partial charge in [0.2, 0.25) is 0 Å². The van der Waals surface area contributed by atoms with E-state index < -0.39 is 17.6 Å². The Morgan fingerprint density at radius 1 is 1.27 bits per heavy atom. The van der Waals surface area contributed by atoms with Crippen molar-refractivity contribution in [1.29, 1.82) is 0 Å². The van der Waals surface area contributed by atoms with Crippen LogP contribution in [0.3, 0.4) is 0 Å². The summed E-state index contributed by atoms with van der Waals surface area (Å²) in [5, 5.41) is 13.3. The van der Waals surface area contributed by atoms with Gasteiger partial charge in [0.1, 0.15) is 6.54 Å². The van der Waals surface area contributed by atoms with E-state index in [-0.39, 0.29) is 18.9 Å². The van der Waals surface area contributed by atoms with E-state index in [9.17, 15) is 18.0 Å².